The zero-order valence-corrected chi connectivity index (χ0v) is 22.1. The summed E-state index contributed by atoms with van der Waals surface area (Å²) >= 11 is 0. The molecule has 3 aromatic rings. The number of carbonyl (C=O) groups excluding carboxylic acids is 1. The summed E-state index contributed by atoms with van der Waals surface area (Å²) in [6.07, 6.45) is -0.384. The maximum absolute atomic E-state index is 12.8. The number of nitrogens with one attached hydrogen (secondary N) is 1. The lowest BCUT2D eigenvalue weighted by Crippen LogP contribution is -2.52. The second kappa shape index (κ2) is 9.69. The van der Waals surface area contributed by atoms with Crippen LogP contribution in [-0.4, -0.2) is 57.8 Å². The first kappa shape index (κ1) is 24.5. The van der Waals surface area contributed by atoms with Crippen molar-refractivity contribution in [3.05, 3.63) is 53.6 Å². The van der Waals surface area contributed by atoms with Gasteiger partial charge in [0, 0.05) is 54.7 Å². The Balaban J connectivity index is 1.37. The third-order valence-electron chi connectivity index (χ3n) is 6.42. The molecule has 1 saturated heterocycles. The van der Waals surface area contributed by atoms with Gasteiger partial charge in [-0.05, 0) is 51.5 Å². The van der Waals surface area contributed by atoms with Gasteiger partial charge in [0.1, 0.15) is 11.4 Å². The van der Waals surface area contributed by atoms with Gasteiger partial charge in [-0.3, -0.25) is 4.21 Å². The molecule has 1 fully saturated rings. The maximum atomic E-state index is 12.8. The Labute approximate surface area is 214 Å². The predicted octanol–water partition coefficient (Wildman–Crippen LogP) is 4.03. The van der Waals surface area contributed by atoms with Crippen LogP contribution in [0.5, 0.6) is 0 Å². The van der Waals surface area contributed by atoms with Crippen LogP contribution >= 0.6 is 0 Å². The van der Waals surface area contributed by atoms with E-state index in [1.807, 2.05) is 51.1 Å². The molecule has 0 radical (unpaired) electrons. The fourth-order valence-electron chi connectivity index (χ4n) is 4.63. The van der Waals surface area contributed by atoms with Crippen LogP contribution in [0.2, 0.25) is 0 Å². The van der Waals surface area contributed by atoms with Gasteiger partial charge in [0.25, 0.3) is 0 Å². The molecule has 36 heavy (non-hydrogen) atoms. The van der Waals surface area contributed by atoms with Gasteiger partial charge in [0.2, 0.25) is 5.95 Å². The van der Waals surface area contributed by atoms with E-state index < -0.39 is 16.4 Å². The molecule has 1 N–H and O–H groups in total. The van der Waals surface area contributed by atoms with Gasteiger partial charge in [-0.1, -0.05) is 29.8 Å². The molecule has 2 aliphatic heterocycles. The summed E-state index contributed by atoms with van der Waals surface area (Å²) in [4.78, 5) is 27.3. The summed E-state index contributed by atoms with van der Waals surface area (Å²) in [7, 11) is -1.03. The van der Waals surface area contributed by atoms with Crippen molar-refractivity contribution in [1.29, 1.82) is 0 Å². The van der Waals surface area contributed by atoms with Crippen molar-refractivity contribution in [3.63, 3.8) is 0 Å². The molecule has 1 aromatic heterocycles. The Hall–Kier alpha value is -3.20. The molecule has 0 aliphatic carbocycles. The SMILES string of the molecule is Cc1ccc2nc(N3CCS(=O)c4ccccc4C3)nc(N3CC(CNC(=O)OC(C)(C)C)C3)c2c1. The average molecular weight is 508 g/mol. The van der Waals surface area contributed by atoms with Crippen molar-refractivity contribution in [1.82, 2.24) is 15.3 Å². The van der Waals surface area contributed by atoms with E-state index in [1.54, 1.807) is 0 Å². The van der Waals surface area contributed by atoms with Crippen LogP contribution in [0, 0.1) is 12.8 Å². The molecule has 2 aliphatic rings. The van der Waals surface area contributed by atoms with Crippen molar-refractivity contribution >= 4 is 39.6 Å². The van der Waals surface area contributed by atoms with Crippen LogP contribution in [0.3, 0.4) is 0 Å². The summed E-state index contributed by atoms with van der Waals surface area (Å²) in [6, 6.07) is 14.2. The average Bonchev–Trinajstić information content (AvgIpc) is 2.96. The number of rotatable bonds is 4. The van der Waals surface area contributed by atoms with E-state index in [0.717, 1.165) is 45.8 Å². The summed E-state index contributed by atoms with van der Waals surface area (Å²) < 4.78 is 18.1. The Morgan fingerprint density at radius 3 is 2.69 bits per heavy atom. The van der Waals surface area contributed by atoms with Crippen LogP contribution < -0.4 is 15.1 Å². The minimum absolute atomic E-state index is 0.322. The number of alkyl carbamates (subject to hydrolysis) is 1. The van der Waals surface area contributed by atoms with Crippen molar-refractivity contribution in [2.45, 2.75) is 44.7 Å². The fraction of sp³-hybridized carbons (Fsp3) is 0.444. The van der Waals surface area contributed by atoms with Gasteiger partial charge in [-0.15, -0.1) is 0 Å². The molecular formula is C27H33N5O3S. The standard InChI is InChI=1S/C27H33N5O3S/c1-18-9-10-22-21(13-18)24(32-15-19(16-32)14-28-26(33)35-27(2,3)4)30-25(29-22)31-11-12-36(34)23-8-6-5-7-20(23)17-31/h5-10,13,19H,11-12,14-17H2,1-4H3,(H,28,33). The van der Waals surface area contributed by atoms with Crippen molar-refractivity contribution < 1.29 is 13.7 Å². The summed E-state index contributed by atoms with van der Waals surface area (Å²) in [5.41, 5.74) is 2.60. The molecule has 190 valence electrons. The molecular weight excluding hydrogens is 474 g/mol. The lowest BCUT2D eigenvalue weighted by molar-refractivity contribution is 0.0516. The monoisotopic (exact) mass is 507 g/mol. The van der Waals surface area contributed by atoms with Crippen LogP contribution in [0.1, 0.15) is 31.9 Å². The molecule has 1 amide bonds. The maximum Gasteiger partial charge on any atom is 0.407 e. The quantitative estimate of drug-likeness (QED) is 0.571. The molecule has 2 aromatic carbocycles. The van der Waals surface area contributed by atoms with Crippen LogP contribution in [0.25, 0.3) is 10.9 Å². The van der Waals surface area contributed by atoms with E-state index in [1.165, 1.54) is 0 Å². The second-order valence-corrected chi connectivity index (χ2v) is 12.1. The van der Waals surface area contributed by atoms with Gasteiger partial charge >= 0.3 is 6.09 Å². The van der Waals surface area contributed by atoms with Crippen molar-refractivity contribution in [2.24, 2.45) is 5.92 Å². The number of fused-ring (bicyclic) bond motifs is 2. The molecule has 0 saturated carbocycles. The van der Waals surface area contributed by atoms with Crippen LogP contribution in [0.4, 0.5) is 16.6 Å². The first-order chi connectivity index (χ1) is 17.2. The van der Waals surface area contributed by atoms with Gasteiger partial charge in [-0.2, -0.15) is 4.98 Å². The Bertz CT molecular complexity index is 1320. The van der Waals surface area contributed by atoms with E-state index in [-0.39, 0.29) is 6.09 Å². The number of benzene rings is 2. The smallest absolute Gasteiger partial charge is 0.407 e. The highest BCUT2D eigenvalue weighted by Gasteiger charge is 2.31. The first-order valence-corrected chi connectivity index (χ1v) is 13.7. The van der Waals surface area contributed by atoms with E-state index in [2.05, 4.69) is 34.2 Å². The number of aromatic nitrogens is 2. The molecule has 5 rings (SSSR count). The molecule has 3 heterocycles. The molecule has 0 spiro atoms. The lowest BCUT2D eigenvalue weighted by Gasteiger charge is -2.41. The fourth-order valence-corrected chi connectivity index (χ4v) is 5.89. The summed E-state index contributed by atoms with van der Waals surface area (Å²) in [5, 5.41) is 3.91. The highest BCUT2D eigenvalue weighted by Crippen LogP contribution is 2.33. The van der Waals surface area contributed by atoms with Crippen molar-refractivity contribution in [3.8, 4) is 0 Å². The van der Waals surface area contributed by atoms with Crippen molar-refractivity contribution in [2.75, 3.05) is 41.7 Å². The predicted molar refractivity (Wildman–Crippen MR) is 143 cm³/mol. The molecule has 1 unspecified atom stereocenters. The topological polar surface area (TPSA) is 87.7 Å². The first-order valence-electron chi connectivity index (χ1n) is 12.4. The number of hydrogen-bond donors (Lipinski definition) is 1. The Morgan fingerprint density at radius 1 is 1.14 bits per heavy atom. The van der Waals surface area contributed by atoms with Gasteiger partial charge < -0.3 is 19.9 Å². The number of ether oxygens (including phenoxy) is 1. The number of anilines is 2. The van der Waals surface area contributed by atoms with E-state index in [0.29, 0.717) is 37.3 Å². The zero-order chi connectivity index (χ0) is 25.4. The molecule has 0 bridgehead atoms. The van der Waals surface area contributed by atoms with Gasteiger partial charge in [0.05, 0.1) is 16.3 Å². The minimum atomic E-state index is -1.03. The summed E-state index contributed by atoms with van der Waals surface area (Å²) in [5.74, 6) is 2.43. The molecule has 1 atom stereocenters. The molecule has 8 nitrogen and oxygen atoms in total. The Morgan fingerprint density at radius 2 is 1.92 bits per heavy atom. The number of carbonyl (C=O) groups is 1. The number of nitrogens with zero attached hydrogens (tertiary/aromatic N) is 4. The number of aryl methyl sites for hydroxylation is 1. The third kappa shape index (κ3) is 5.31. The second-order valence-electron chi connectivity index (χ2n) is 10.6. The number of amides is 1. The van der Waals surface area contributed by atoms with Crippen LogP contribution in [0.15, 0.2) is 47.4 Å². The van der Waals surface area contributed by atoms with E-state index >= 15 is 0 Å². The highest BCUT2D eigenvalue weighted by molar-refractivity contribution is 7.85. The van der Waals surface area contributed by atoms with Gasteiger partial charge in [0.15, 0.2) is 0 Å². The number of hydrogen-bond acceptors (Lipinski definition) is 7. The molecule has 9 heteroatoms. The zero-order valence-electron chi connectivity index (χ0n) is 21.3. The van der Waals surface area contributed by atoms with E-state index in [4.69, 9.17) is 14.7 Å². The highest BCUT2D eigenvalue weighted by atomic mass is 32.2. The normalized spacial score (nSPS) is 18.4. The summed E-state index contributed by atoms with van der Waals surface area (Å²) in [6.45, 7) is 11.1. The third-order valence-corrected chi connectivity index (χ3v) is 7.86. The largest absolute Gasteiger partial charge is 0.444 e. The van der Waals surface area contributed by atoms with E-state index in [9.17, 15) is 9.00 Å². The Kier molecular flexibility index (Phi) is 6.59. The van der Waals surface area contributed by atoms with Gasteiger partial charge in [-0.25, -0.2) is 9.78 Å². The minimum Gasteiger partial charge on any atom is -0.444 e. The van der Waals surface area contributed by atoms with Crippen LogP contribution in [-0.2, 0) is 22.1 Å². The lowest BCUT2D eigenvalue weighted by atomic mass is 9.99.